The molecular formula is C10H11NO4S. The maximum absolute atomic E-state index is 11.2. The highest BCUT2D eigenvalue weighted by Gasteiger charge is 2.15. The molecule has 1 aromatic rings. The zero-order valence-electron chi connectivity index (χ0n) is 8.65. The topological polar surface area (TPSA) is 75.6 Å². The van der Waals surface area contributed by atoms with Crippen molar-refractivity contribution in [2.45, 2.75) is 6.92 Å². The number of rotatable bonds is 4. The van der Waals surface area contributed by atoms with Crippen LogP contribution in [0, 0.1) is 6.92 Å². The average Bonchev–Trinajstić information content (AvgIpc) is 2.57. The van der Waals surface area contributed by atoms with Crippen LogP contribution in [-0.4, -0.2) is 23.8 Å². The number of hydrogen-bond donors (Lipinski definition) is 2. The zero-order valence-corrected chi connectivity index (χ0v) is 9.47. The fourth-order valence-electron chi connectivity index (χ4n) is 1.01. The summed E-state index contributed by atoms with van der Waals surface area (Å²) >= 11 is 1.15. The van der Waals surface area contributed by atoms with Crippen LogP contribution in [0.15, 0.2) is 18.0 Å². The van der Waals surface area contributed by atoms with Gasteiger partial charge in [-0.3, -0.25) is 5.32 Å². The van der Waals surface area contributed by atoms with Gasteiger partial charge in [-0.25, -0.2) is 9.59 Å². The van der Waals surface area contributed by atoms with Gasteiger partial charge in [0.25, 0.3) is 0 Å². The van der Waals surface area contributed by atoms with Crippen molar-refractivity contribution in [2.75, 3.05) is 11.9 Å². The first-order valence-corrected chi connectivity index (χ1v) is 5.30. The molecule has 0 aliphatic heterocycles. The maximum Gasteiger partial charge on any atom is 0.412 e. The molecule has 0 radical (unpaired) electrons. The van der Waals surface area contributed by atoms with Gasteiger partial charge in [-0.2, -0.15) is 0 Å². The molecule has 16 heavy (non-hydrogen) atoms. The molecule has 0 aliphatic rings. The Labute approximate surface area is 96.4 Å². The predicted octanol–water partition coefficient (Wildman–Crippen LogP) is 2.49. The fraction of sp³-hybridized carbons (Fsp3) is 0.200. The number of nitrogens with one attached hydrogen (secondary N) is 1. The van der Waals surface area contributed by atoms with Crippen molar-refractivity contribution in [2.24, 2.45) is 0 Å². The summed E-state index contributed by atoms with van der Waals surface area (Å²) in [6, 6.07) is 0. The molecule has 1 rings (SSSR count). The Morgan fingerprint density at radius 1 is 1.69 bits per heavy atom. The lowest BCUT2D eigenvalue weighted by atomic mass is 10.2. The lowest BCUT2D eigenvalue weighted by Gasteiger charge is -2.03. The molecule has 2 N–H and O–H groups in total. The number of carbonyl (C=O) groups is 2. The van der Waals surface area contributed by atoms with Crippen LogP contribution in [-0.2, 0) is 4.74 Å². The van der Waals surface area contributed by atoms with E-state index >= 15 is 0 Å². The van der Waals surface area contributed by atoms with E-state index in [9.17, 15) is 9.59 Å². The minimum Gasteiger partial charge on any atom is -0.478 e. The molecule has 0 aliphatic carbocycles. The number of amides is 1. The monoisotopic (exact) mass is 241 g/mol. The van der Waals surface area contributed by atoms with Crippen LogP contribution in [0.2, 0.25) is 0 Å². The van der Waals surface area contributed by atoms with E-state index in [1.54, 1.807) is 6.92 Å². The Morgan fingerprint density at radius 2 is 2.38 bits per heavy atom. The number of thiophene rings is 1. The highest BCUT2D eigenvalue weighted by molar-refractivity contribution is 7.14. The third kappa shape index (κ3) is 2.83. The summed E-state index contributed by atoms with van der Waals surface area (Å²) in [6.45, 7) is 5.15. The standard InChI is InChI=1S/C10H11NO4S/c1-3-4-15-10(14)11-8-6(2)7(5-16-8)9(12)13/h3,5H,1,4H2,2H3,(H,11,14)(H,12,13). The minimum absolute atomic E-state index is 0.113. The van der Waals surface area contributed by atoms with Crippen molar-refractivity contribution in [1.82, 2.24) is 0 Å². The predicted molar refractivity (Wildman–Crippen MR) is 61.2 cm³/mol. The van der Waals surface area contributed by atoms with Crippen molar-refractivity contribution in [1.29, 1.82) is 0 Å². The Hall–Kier alpha value is -1.82. The second-order valence-corrected chi connectivity index (χ2v) is 3.80. The van der Waals surface area contributed by atoms with Gasteiger partial charge in [0.05, 0.1) is 5.56 Å². The van der Waals surface area contributed by atoms with E-state index in [0.717, 1.165) is 11.3 Å². The van der Waals surface area contributed by atoms with Gasteiger partial charge in [0.2, 0.25) is 0 Å². The van der Waals surface area contributed by atoms with E-state index in [2.05, 4.69) is 11.9 Å². The van der Waals surface area contributed by atoms with Gasteiger partial charge in [0.1, 0.15) is 11.6 Å². The third-order valence-corrected chi connectivity index (χ3v) is 2.82. The van der Waals surface area contributed by atoms with Gasteiger partial charge in [-0.15, -0.1) is 11.3 Å². The summed E-state index contributed by atoms with van der Waals surface area (Å²) in [4.78, 5) is 21.9. The van der Waals surface area contributed by atoms with Crippen LogP contribution < -0.4 is 5.32 Å². The van der Waals surface area contributed by atoms with E-state index in [1.165, 1.54) is 11.5 Å². The van der Waals surface area contributed by atoms with Gasteiger partial charge >= 0.3 is 12.1 Å². The number of aromatic carboxylic acids is 1. The quantitative estimate of drug-likeness (QED) is 0.794. The fourth-order valence-corrected chi connectivity index (χ4v) is 1.96. The van der Waals surface area contributed by atoms with E-state index in [4.69, 9.17) is 9.84 Å². The Bertz CT molecular complexity index is 424. The largest absolute Gasteiger partial charge is 0.478 e. The minimum atomic E-state index is -1.01. The first-order chi connectivity index (χ1) is 7.56. The molecule has 0 atom stereocenters. The van der Waals surface area contributed by atoms with E-state index in [1.807, 2.05) is 0 Å². The number of ether oxygens (including phenoxy) is 1. The van der Waals surface area contributed by atoms with E-state index in [0.29, 0.717) is 10.6 Å². The SMILES string of the molecule is C=CCOC(=O)Nc1scc(C(=O)O)c1C. The van der Waals surface area contributed by atoms with Crippen LogP contribution in [0.5, 0.6) is 0 Å². The summed E-state index contributed by atoms with van der Waals surface area (Å²) in [5.74, 6) is -1.01. The van der Waals surface area contributed by atoms with Gasteiger partial charge in [0.15, 0.2) is 0 Å². The van der Waals surface area contributed by atoms with E-state index < -0.39 is 12.1 Å². The van der Waals surface area contributed by atoms with Crippen molar-refractivity contribution < 1.29 is 19.4 Å². The number of anilines is 1. The lowest BCUT2D eigenvalue weighted by molar-refractivity contribution is 0.0696. The maximum atomic E-state index is 11.2. The summed E-state index contributed by atoms with van der Waals surface area (Å²) in [5.41, 5.74) is 0.706. The van der Waals surface area contributed by atoms with E-state index in [-0.39, 0.29) is 12.2 Å². The second kappa shape index (κ2) is 5.32. The molecule has 0 saturated carbocycles. The third-order valence-electron chi connectivity index (χ3n) is 1.82. The van der Waals surface area contributed by atoms with Crippen molar-refractivity contribution in [3.8, 4) is 0 Å². The van der Waals surface area contributed by atoms with Crippen LogP contribution in [0.1, 0.15) is 15.9 Å². The summed E-state index contributed by atoms with van der Waals surface area (Å²) in [5, 5.41) is 13.2. The van der Waals surface area contributed by atoms with Crippen molar-refractivity contribution >= 4 is 28.4 Å². The molecular weight excluding hydrogens is 230 g/mol. The average molecular weight is 241 g/mol. The summed E-state index contributed by atoms with van der Waals surface area (Å²) in [7, 11) is 0. The molecule has 86 valence electrons. The normalized spacial score (nSPS) is 9.56. The molecule has 0 spiro atoms. The molecule has 6 heteroatoms. The van der Waals surface area contributed by atoms with Crippen LogP contribution in [0.25, 0.3) is 0 Å². The Kier molecular flexibility index (Phi) is 4.07. The zero-order chi connectivity index (χ0) is 12.1. The number of carbonyl (C=O) groups excluding carboxylic acids is 1. The van der Waals surface area contributed by atoms with Crippen LogP contribution in [0.4, 0.5) is 9.80 Å². The van der Waals surface area contributed by atoms with Crippen LogP contribution >= 0.6 is 11.3 Å². The molecule has 1 amide bonds. The number of carboxylic acids is 1. The number of hydrogen-bond acceptors (Lipinski definition) is 4. The lowest BCUT2D eigenvalue weighted by Crippen LogP contribution is -2.13. The highest BCUT2D eigenvalue weighted by Crippen LogP contribution is 2.27. The molecule has 0 saturated heterocycles. The first-order valence-electron chi connectivity index (χ1n) is 4.42. The molecule has 1 aromatic heterocycles. The summed E-state index contributed by atoms with van der Waals surface area (Å²) < 4.78 is 4.71. The Morgan fingerprint density at radius 3 is 2.88 bits per heavy atom. The van der Waals surface area contributed by atoms with Gasteiger partial charge in [-0.1, -0.05) is 12.7 Å². The molecule has 1 heterocycles. The first kappa shape index (κ1) is 12.3. The molecule has 0 bridgehead atoms. The molecule has 0 fully saturated rings. The number of carboxylic acid groups (broad SMARTS) is 1. The molecule has 0 aromatic carbocycles. The second-order valence-electron chi connectivity index (χ2n) is 2.92. The molecule has 5 nitrogen and oxygen atoms in total. The Balaban J connectivity index is 2.71. The van der Waals surface area contributed by atoms with Crippen LogP contribution in [0.3, 0.4) is 0 Å². The van der Waals surface area contributed by atoms with Crippen molar-refractivity contribution in [3.05, 3.63) is 29.2 Å². The van der Waals surface area contributed by atoms with Gasteiger partial charge < -0.3 is 9.84 Å². The van der Waals surface area contributed by atoms with Gasteiger partial charge in [0, 0.05) is 5.38 Å². The van der Waals surface area contributed by atoms with Gasteiger partial charge in [-0.05, 0) is 12.5 Å². The summed E-state index contributed by atoms with van der Waals surface area (Å²) in [6.07, 6.45) is 0.825. The molecule has 0 unspecified atom stereocenters. The van der Waals surface area contributed by atoms with Crippen molar-refractivity contribution in [3.63, 3.8) is 0 Å². The smallest absolute Gasteiger partial charge is 0.412 e. The highest BCUT2D eigenvalue weighted by atomic mass is 32.1.